The Labute approximate surface area is 89.3 Å². The van der Waals surface area contributed by atoms with Crippen LogP contribution in [-0.2, 0) is 16.0 Å². The summed E-state index contributed by atoms with van der Waals surface area (Å²) in [6.07, 6.45) is 0. The molecule has 0 heterocycles. The van der Waals surface area contributed by atoms with Gasteiger partial charge in [-0.1, -0.05) is 40.2 Å². The molecular weight excluding hydrogens is 254 g/mol. The number of ketones is 1. The number of hydrogen-bond acceptors (Lipinski definition) is 1. The lowest BCUT2D eigenvalue weighted by Gasteiger charge is -2.12. The summed E-state index contributed by atoms with van der Waals surface area (Å²) in [5.74, 6) is -4.51. The fraction of sp³-hybridized carbons (Fsp3) is 0.300. The molecule has 0 fully saturated rings. The quantitative estimate of drug-likeness (QED) is 0.765. The first-order valence-corrected chi connectivity index (χ1v) is 5.15. The van der Waals surface area contributed by atoms with Gasteiger partial charge >= 0.3 is 5.92 Å². The van der Waals surface area contributed by atoms with Gasteiger partial charge in [-0.05, 0) is 5.56 Å². The van der Waals surface area contributed by atoms with Crippen molar-refractivity contribution in [1.29, 1.82) is 0 Å². The van der Waals surface area contributed by atoms with Crippen molar-refractivity contribution in [3.05, 3.63) is 35.4 Å². The molecule has 0 unspecified atom stereocenters. The summed E-state index contributed by atoms with van der Waals surface area (Å²) in [5.41, 5.74) is 0.641. The van der Waals surface area contributed by atoms with Crippen LogP contribution in [0.3, 0.4) is 0 Å². The molecule has 0 saturated carbocycles. The van der Waals surface area contributed by atoms with Crippen LogP contribution in [0.25, 0.3) is 0 Å². The van der Waals surface area contributed by atoms with Gasteiger partial charge in [0.2, 0.25) is 5.78 Å². The smallest absolute Gasteiger partial charge is 0.293 e. The average Bonchev–Trinajstić information content (AvgIpc) is 2.17. The molecule has 0 atom stereocenters. The van der Waals surface area contributed by atoms with Crippen molar-refractivity contribution in [3.63, 3.8) is 0 Å². The number of alkyl halides is 3. The Bertz CT molecular complexity index is 332. The predicted octanol–water partition coefficient (Wildman–Crippen LogP) is 3.26. The molecule has 4 heteroatoms. The number of benzene rings is 1. The minimum atomic E-state index is -3.37. The van der Waals surface area contributed by atoms with Crippen LogP contribution >= 0.6 is 15.9 Å². The van der Waals surface area contributed by atoms with Gasteiger partial charge in [0.25, 0.3) is 0 Å². The standard InChI is InChI=1S/C10H9BrF2O/c1-7(14)10(12,13)9-4-2-8(6-11)3-5-9/h2-5H,6H2,1H3. The molecule has 0 saturated heterocycles. The highest BCUT2D eigenvalue weighted by molar-refractivity contribution is 9.08. The van der Waals surface area contributed by atoms with Gasteiger partial charge in [0.1, 0.15) is 0 Å². The lowest BCUT2D eigenvalue weighted by molar-refractivity contribution is -0.141. The third kappa shape index (κ3) is 2.18. The lowest BCUT2D eigenvalue weighted by Crippen LogP contribution is -2.22. The topological polar surface area (TPSA) is 17.1 Å². The van der Waals surface area contributed by atoms with Crippen LogP contribution in [0, 0.1) is 0 Å². The monoisotopic (exact) mass is 262 g/mol. The van der Waals surface area contributed by atoms with E-state index in [2.05, 4.69) is 15.9 Å². The van der Waals surface area contributed by atoms with E-state index in [0.717, 1.165) is 12.5 Å². The van der Waals surface area contributed by atoms with Gasteiger partial charge in [-0.3, -0.25) is 4.79 Å². The highest BCUT2D eigenvalue weighted by atomic mass is 79.9. The summed E-state index contributed by atoms with van der Waals surface area (Å²) in [6, 6.07) is 5.69. The van der Waals surface area contributed by atoms with E-state index in [4.69, 9.17) is 0 Å². The molecule has 0 bridgehead atoms. The van der Waals surface area contributed by atoms with E-state index in [1.165, 1.54) is 12.1 Å². The molecule has 0 aromatic heterocycles. The van der Waals surface area contributed by atoms with Crippen molar-refractivity contribution in [1.82, 2.24) is 0 Å². The van der Waals surface area contributed by atoms with Gasteiger partial charge in [0.05, 0.1) is 0 Å². The molecular formula is C10H9BrF2O. The van der Waals surface area contributed by atoms with E-state index < -0.39 is 11.7 Å². The van der Waals surface area contributed by atoms with Crippen LogP contribution < -0.4 is 0 Å². The van der Waals surface area contributed by atoms with Crippen LogP contribution in [0.5, 0.6) is 0 Å². The van der Waals surface area contributed by atoms with Crippen LogP contribution in [0.4, 0.5) is 8.78 Å². The fourth-order valence-corrected chi connectivity index (χ4v) is 1.38. The van der Waals surface area contributed by atoms with Crippen LogP contribution in [-0.4, -0.2) is 5.78 Å². The minimum Gasteiger partial charge on any atom is -0.293 e. The number of carbonyl (C=O) groups is 1. The zero-order chi connectivity index (χ0) is 10.8. The van der Waals surface area contributed by atoms with E-state index >= 15 is 0 Å². The van der Waals surface area contributed by atoms with E-state index in [-0.39, 0.29) is 5.56 Å². The summed E-state index contributed by atoms with van der Waals surface area (Å²) in [4.78, 5) is 10.7. The number of rotatable bonds is 3. The Kier molecular flexibility index (Phi) is 3.37. The maximum atomic E-state index is 13.2. The highest BCUT2D eigenvalue weighted by Gasteiger charge is 2.36. The number of hydrogen-bond donors (Lipinski definition) is 0. The van der Waals surface area contributed by atoms with E-state index in [1.807, 2.05) is 0 Å². The van der Waals surface area contributed by atoms with Crippen molar-refractivity contribution in [2.45, 2.75) is 18.2 Å². The SMILES string of the molecule is CC(=O)C(F)(F)c1ccc(CBr)cc1. The van der Waals surface area contributed by atoms with Gasteiger partial charge < -0.3 is 0 Å². The number of halogens is 3. The van der Waals surface area contributed by atoms with Gasteiger partial charge in [-0.2, -0.15) is 8.78 Å². The van der Waals surface area contributed by atoms with Crippen LogP contribution in [0.15, 0.2) is 24.3 Å². The molecule has 0 aliphatic rings. The molecule has 76 valence electrons. The Morgan fingerprint density at radius 1 is 1.36 bits per heavy atom. The zero-order valence-electron chi connectivity index (χ0n) is 7.56. The third-order valence-corrected chi connectivity index (χ3v) is 2.56. The first-order valence-electron chi connectivity index (χ1n) is 4.02. The van der Waals surface area contributed by atoms with Crippen molar-refractivity contribution in [2.75, 3.05) is 0 Å². The molecule has 1 aromatic rings. The van der Waals surface area contributed by atoms with Gasteiger partial charge in [-0.25, -0.2) is 0 Å². The van der Waals surface area contributed by atoms with Crippen molar-refractivity contribution in [2.24, 2.45) is 0 Å². The third-order valence-electron chi connectivity index (χ3n) is 1.91. The Balaban J connectivity index is 3.02. The lowest BCUT2D eigenvalue weighted by atomic mass is 10.0. The Morgan fingerprint density at radius 2 is 1.86 bits per heavy atom. The predicted molar refractivity (Wildman–Crippen MR) is 53.6 cm³/mol. The summed E-state index contributed by atoms with van der Waals surface area (Å²) < 4.78 is 26.3. The molecule has 1 rings (SSSR count). The molecule has 0 aliphatic heterocycles. The maximum Gasteiger partial charge on any atom is 0.330 e. The molecule has 0 spiro atoms. The maximum absolute atomic E-state index is 13.2. The van der Waals surface area contributed by atoms with Crippen molar-refractivity contribution < 1.29 is 13.6 Å². The minimum absolute atomic E-state index is 0.255. The fourth-order valence-electron chi connectivity index (χ4n) is 1.01. The summed E-state index contributed by atoms with van der Waals surface area (Å²) in [5, 5.41) is 0.610. The van der Waals surface area contributed by atoms with Gasteiger partial charge in [0, 0.05) is 17.8 Å². The van der Waals surface area contributed by atoms with Crippen molar-refractivity contribution >= 4 is 21.7 Å². The second-order valence-electron chi connectivity index (χ2n) is 2.96. The molecule has 14 heavy (non-hydrogen) atoms. The first-order chi connectivity index (χ1) is 6.48. The first kappa shape index (κ1) is 11.3. The van der Waals surface area contributed by atoms with E-state index in [9.17, 15) is 13.6 Å². The molecule has 0 amide bonds. The summed E-state index contributed by atoms with van der Waals surface area (Å²) in [7, 11) is 0. The second-order valence-corrected chi connectivity index (χ2v) is 3.52. The molecule has 1 nitrogen and oxygen atoms in total. The van der Waals surface area contributed by atoms with Crippen LogP contribution in [0.1, 0.15) is 18.1 Å². The number of Topliss-reactive ketones (excluding diaryl/α,β-unsaturated/α-hetero) is 1. The van der Waals surface area contributed by atoms with E-state index in [1.54, 1.807) is 12.1 Å². The zero-order valence-corrected chi connectivity index (χ0v) is 9.14. The molecule has 0 aliphatic carbocycles. The van der Waals surface area contributed by atoms with Gasteiger partial charge in [0.15, 0.2) is 0 Å². The highest BCUT2D eigenvalue weighted by Crippen LogP contribution is 2.29. The summed E-state index contributed by atoms with van der Waals surface area (Å²) >= 11 is 3.21. The molecule has 1 aromatic carbocycles. The van der Waals surface area contributed by atoms with E-state index in [0.29, 0.717) is 5.33 Å². The Morgan fingerprint density at radius 3 is 2.21 bits per heavy atom. The number of carbonyl (C=O) groups excluding carboxylic acids is 1. The van der Waals surface area contributed by atoms with Gasteiger partial charge in [-0.15, -0.1) is 0 Å². The Hall–Kier alpha value is -0.770. The summed E-state index contributed by atoms with van der Waals surface area (Å²) in [6.45, 7) is 0.887. The van der Waals surface area contributed by atoms with Crippen LogP contribution in [0.2, 0.25) is 0 Å². The normalized spacial score (nSPS) is 11.4. The largest absolute Gasteiger partial charge is 0.330 e. The molecule has 0 N–H and O–H groups in total. The average molecular weight is 263 g/mol. The molecule has 0 radical (unpaired) electrons. The van der Waals surface area contributed by atoms with Crippen molar-refractivity contribution in [3.8, 4) is 0 Å². The second kappa shape index (κ2) is 4.17.